The van der Waals surface area contributed by atoms with Crippen molar-refractivity contribution >= 4 is 11.6 Å². The molecule has 1 aliphatic rings. The highest BCUT2D eigenvalue weighted by atomic mass is 35.5. The molecule has 1 heterocycles. The van der Waals surface area contributed by atoms with Gasteiger partial charge in [-0.05, 0) is 30.7 Å². The van der Waals surface area contributed by atoms with Crippen molar-refractivity contribution < 1.29 is 4.74 Å². The van der Waals surface area contributed by atoms with Crippen molar-refractivity contribution in [2.45, 2.75) is 26.3 Å². The summed E-state index contributed by atoms with van der Waals surface area (Å²) in [5.41, 5.74) is 2.28. The van der Waals surface area contributed by atoms with E-state index in [1.54, 1.807) is 0 Å². The number of halogens is 1. The average molecular weight is 265 g/mol. The fraction of sp³-hybridized carbons (Fsp3) is 0.500. The normalized spacial score (nSPS) is 13.2. The van der Waals surface area contributed by atoms with E-state index in [2.05, 4.69) is 17.9 Å². The highest BCUT2D eigenvalue weighted by molar-refractivity contribution is 6.30. The van der Waals surface area contributed by atoms with Gasteiger partial charge in [0, 0.05) is 23.6 Å². The van der Waals surface area contributed by atoms with Crippen LogP contribution in [0.2, 0.25) is 5.02 Å². The molecular formula is C14H17ClN2O. The molecule has 0 spiro atoms. The quantitative estimate of drug-likeness (QED) is 0.767. The number of nitrogens with zero attached hydrogens (tertiary/aromatic N) is 2. The smallest absolute Gasteiger partial charge is 0.127 e. The molecule has 0 N–H and O–H groups in total. The predicted octanol–water partition coefficient (Wildman–Crippen LogP) is 3.01. The van der Waals surface area contributed by atoms with Crippen LogP contribution in [0.15, 0.2) is 12.1 Å². The minimum absolute atomic E-state index is 0.440. The molecule has 0 saturated carbocycles. The summed E-state index contributed by atoms with van der Waals surface area (Å²) in [7, 11) is 0. The molecule has 1 aliphatic heterocycles. The average Bonchev–Trinajstić information content (AvgIpc) is 2.77. The summed E-state index contributed by atoms with van der Waals surface area (Å²) in [5, 5.41) is 9.59. The van der Waals surface area contributed by atoms with Gasteiger partial charge in [-0.1, -0.05) is 18.5 Å². The highest BCUT2D eigenvalue weighted by Gasteiger charge is 2.19. The molecule has 4 heteroatoms. The van der Waals surface area contributed by atoms with Crippen LogP contribution in [0.25, 0.3) is 0 Å². The predicted molar refractivity (Wildman–Crippen MR) is 71.8 cm³/mol. The number of hydrogen-bond acceptors (Lipinski definition) is 3. The zero-order valence-electron chi connectivity index (χ0n) is 10.6. The first-order chi connectivity index (χ1) is 8.74. The number of rotatable bonds is 5. The molecule has 0 aromatic heterocycles. The van der Waals surface area contributed by atoms with E-state index in [0.29, 0.717) is 6.54 Å². The largest absolute Gasteiger partial charge is 0.493 e. The molecule has 18 heavy (non-hydrogen) atoms. The Morgan fingerprint density at radius 1 is 1.50 bits per heavy atom. The Kier molecular flexibility index (Phi) is 4.46. The summed E-state index contributed by atoms with van der Waals surface area (Å²) in [6, 6.07) is 6.13. The molecule has 0 atom stereocenters. The molecule has 3 nitrogen and oxygen atoms in total. The van der Waals surface area contributed by atoms with Crippen LogP contribution >= 0.6 is 11.6 Å². The first-order valence-electron chi connectivity index (χ1n) is 6.28. The van der Waals surface area contributed by atoms with E-state index in [0.717, 1.165) is 48.9 Å². The first kappa shape index (κ1) is 13.2. The Hall–Kier alpha value is -1.24. The summed E-state index contributed by atoms with van der Waals surface area (Å²) in [5.74, 6) is 0.971. The maximum absolute atomic E-state index is 8.84. The molecule has 0 amide bonds. The van der Waals surface area contributed by atoms with E-state index in [9.17, 15) is 0 Å². The second-order valence-corrected chi connectivity index (χ2v) is 4.96. The summed E-state index contributed by atoms with van der Waals surface area (Å²) >= 11 is 6.13. The number of fused-ring (bicyclic) bond motifs is 1. The Balaban J connectivity index is 2.20. The van der Waals surface area contributed by atoms with Gasteiger partial charge in [-0.3, -0.25) is 4.90 Å². The van der Waals surface area contributed by atoms with Crippen molar-refractivity contribution in [1.82, 2.24) is 4.90 Å². The molecule has 0 unspecified atom stereocenters. The third-order valence-corrected chi connectivity index (χ3v) is 3.27. The lowest BCUT2D eigenvalue weighted by Crippen LogP contribution is -2.24. The van der Waals surface area contributed by atoms with E-state index in [1.807, 2.05) is 12.1 Å². The molecular weight excluding hydrogens is 248 g/mol. The highest BCUT2D eigenvalue weighted by Crippen LogP contribution is 2.33. The number of hydrogen-bond donors (Lipinski definition) is 0. The molecule has 1 aromatic carbocycles. The van der Waals surface area contributed by atoms with Crippen LogP contribution in [-0.4, -0.2) is 24.6 Å². The summed E-state index contributed by atoms with van der Waals surface area (Å²) < 4.78 is 5.67. The number of benzene rings is 1. The molecule has 0 bridgehead atoms. The minimum atomic E-state index is 0.440. The second-order valence-electron chi connectivity index (χ2n) is 4.52. The van der Waals surface area contributed by atoms with E-state index < -0.39 is 0 Å². The van der Waals surface area contributed by atoms with Crippen LogP contribution in [0, 0.1) is 11.3 Å². The standard InChI is InChI=1S/C14H17ClN2O/c1-2-5-17(6-4-16)10-12-9-13(15)8-11-3-7-18-14(11)12/h8-9H,2-3,5-7,10H2,1H3. The molecule has 1 aromatic rings. The van der Waals surface area contributed by atoms with Gasteiger partial charge >= 0.3 is 0 Å². The van der Waals surface area contributed by atoms with Crippen molar-refractivity contribution in [2.75, 3.05) is 19.7 Å². The van der Waals surface area contributed by atoms with Crippen molar-refractivity contribution in [3.05, 3.63) is 28.3 Å². The van der Waals surface area contributed by atoms with Gasteiger partial charge in [-0.25, -0.2) is 0 Å². The summed E-state index contributed by atoms with van der Waals surface area (Å²) in [4.78, 5) is 2.12. The maximum Gasteiger partial charge on any atom is 0.127 e. The third-order valence-electron chi connectivity index (χ3n) is 3.05. The summed E-state index contributed by atoms with van der Waals surface area (Å²) in [6.45, 7) is 4.92. The maximum atomic E-state index is 8.84. The fourth-order valence-electron chi connectivity index (χ4n) is 2.33. The molecule has 96 valence electrons. The Bertz CT molecular complexity index is 468. The SMILES string of the molecule is CCCN(CC#N)Cc1cc(Cl)cc2c1OCC2. The van der Waals surface area contributed by atoms with Crippen molar-refractivity contribution in [1.29, 1.82) is 5.26 Å². The van der Waals surface area contributed by atoms with Crippen molar-refractivity contribution in [2.24, 2.45) is 0 Å². The molecule has 0 saturated heterocycles. The van der Waals surface area contributed by atoms with Gasteiger partial charge < -0.3 is 4.74 Å². The Morgan fingerprint density at radius 2 is 2.33 bits per heavy atom. The van der Waals surface area contributed by atoms with Crippen LogP contribution in [0.1, 0.15) is 24.5 Å². The monoisotopic (exact) mass is 264 g/mol. The lowest BCUT2D eigenvalue weighted by atomic mass is 10.1. The van der Waals surface area contributed by atoms with Gasteiger partial charge in [-0.2, -0.15) is 5.26 Å². The van der Waals surface area contributed by atoms with Gasteiger partial charge in [0.15, 0.2) is 0 Å². The lowest BCUT2D eigenvalue weighted by Gasteiger charge is -2.19. The van der Waals surface area contributed by atoms with Crippen LogP contribution in [0.3, 0.4) is 0 Å². The molecule has 0 aliphatic carbocycles. The number of nitriles is 1. The van der Waals surface area contributed by atoms with Gasteiger partial charge in [0.25, 0.3) is 0 Å². The summed E-state index contributed by atoms with van der Waals surface area (Å²) in [6.07, 6.45) is 1.96. The molecule has 0 fully saturated rings. The molecule has 0 radical (unpaired) electrons. The van der Waals surface area contributed by atoms with E-state index in [4.69, 9.17) is 21.6 Å². The van der Waals surface area contributed by atoms with E-state index in [1.165, 1.54) is 5.56 Å². The van der Waals surface area contributed by atoms with Crippen molar-refractivity contribution in [3.8, 4) is 11.8 Å². The Labute approximate surface area is 113 Å². The van der Waals surface area contributed by atoms with E-state index in [-0.39, 0.29) is 0 Å². The lowest BCUT2D eigenvalue weighted by molar-refractivity contribution is 0.288. The third kappa shape index (κ3) is 2.95. The molecule has 2 rings (SSSR count). The van der Waals surface area contributed by atoms with Gasteiger partial charge in [0.2, 0.25) is 0 Å². The van der Waals surface area contributed by atoms with Gasteiger partial charge in [0.1, 0.15) is 5.75 Å². The zero-order valence-corrected chi connectivity index (χ0v) is 11.3. The van der Waals surface area contributed by atoms with Crippen LogP contribution < -0.4 is 4.74 Å². The van der Waals surface area contributed by atoms with Crippen LogP contribution in [0.4, 0.5) is 0 Å². The second kappa shape index (κ2) is 6.08. The first-order valence-corrected chi connectivity index (χ1v) is 6.65. The fourth-order valence-corrected chi connectivity index (χ4v) is 2.60. The Morgan fingerprint density at radius 3 is 3.06 bits per heavy atom. The van der Waals surface area contributed by atoms with Crippen LogP contribution in [-0.2, 0) is 13.0 Å². The number of ether oxygens (including phenoxy) is 1. The van der Waals surface area contributed by atoms with Gasteiger partial charge in [-0.15, -0.1) is 0 Å². The van der Waals surface area contributed by atoms with Crippen LogP contribution in [0.5, 0.6) is 5.75 Å². The topological polar surface area (TPSA) is 36.3 Å². The minimum Gasteiger partial charge on any atom is -0.493 e. The zero-order chi connectivity index (χ0) is 13.0. The van der Waals surface area contributed by atoms with E-state index >= 15 is 0 Å². The van der Waals surface area contributed by atoms with Crippen molar-refractivity contribution in [3.63, 3.8) is 0 Å². The van der Waals surface area contributed by atoms with Gasteiger partial charge in [0.05, 0.1) is 19.2 Å².